The summed E-state index contributed by atoms with van der Waals surface area (Å²) in [6.07, 6.45) is -1.17. The molecule has 2 atom stereocenters. The van der Waals surface area contributed by atoms with Crippen LogP contribution >= 0.6 is 11.3 Å². The second-order valence-electron chi connectivity index (χ2n) is 7.32. The lowest BCUT2D eigenvalue weighted by molar-refractivity contribution is -0.704. The Labute approximate surface area is 171 Å². The number of benzene rings is 1. The van der Waals surface area contributed by atoms with E-state index in [1.807, 2.05) is 17.0 Å². The molecule has 1 aromatic heterocycles. The monoisotopic (exact) mass is 442 g/mol. The van der Waals surface area contributed by atoms with E-state index in [1.165, 1.54) is 22.5 Å². The van der Waals surface area contributed by atoms with Crippen molar-refractivity contribution >= 4 is 17.0 Å². The molecule has 0 aliphatic rings. The zero-order chi connectivity index (χ0) is 18.7. The fraction of sp³-hybridized carbons (Fsp3) is 0.550. The third-order valence-electron chi connectivity index (χ3n) is 4.53. The van der Waals surface area contributed by atoms with Crippen LogP contribution in [0.1, 0.15) is 74.3 Å². The summed E-state index contributed by atoms with van der Waals surface area (Å²) in [6.45, 7) is 12.9. The highest BCUT2D eigenvalue weighted by Crippen LogP contribution is 2.29. The summed E-state index contributed by atoms with van der Waals surface area (Å²) in [4.78, 5) is 0.941. The molecule has 0 aliphatic carbocycles. The van der Waals surface area contributed by atoms with Crippen LogP contribution < -0.4 is 26.9 Å². The number of anilines is 1. The van der Waals surface area contributed by atoms with Crippen LogP contribution in [0.15, 0.2) is 23.7 Å². The average molecular weight is 443 g/mol. The van der Waals surface area contributed by atoms with E-state index >= 15 is 0 Å². The molecular weight excluding hydrogens is 412 g/mol. The maximum atomic E-state index is 10.5. The number of aromatic nitrogens is 1. The molecule has 1 heterocycles. The number of aliphatic hydroxyl groups is 2. The smallest absolute Gasteiger partial charge is 0.225 e. The minimum Gasteiger partial charge on any atom is -1.00 e. The van der Waals surface area contributed by atoms with Crippen LogP contribution in [0.5, 0.6) is 0 Å². The molecule has 0 bridgehead atoms. The normalized spacial score (nSPS) is 13.6. The Bertz CT molecular complexity index is 714. The third kappa shape index (κ3) is 5.52. The molecule has 0 saturated carbocycles. The van der Waals surface area contributed by atoms with Gasteiger partial charge in [-0.15, -0.1) is 0 Å². The predicted molar refractivity (Wildman–Crippen MR) is 104 cm³/mol. The first-order valence-electron chi connectivity index (χ1n) is 8.94. The molecular formula is C20H31BrN2O2S. The van der Waals surface area contributed by atoms with Gasteiger partial charge in [0.25, 0.3) is 0 Å². The molecule has 26 heavy (non-hydrogen) atoms. The summed E-state index contributed by atoms with van der Waals surface area (Å²) < 4.78 is 1.99. The molecule has 0 aliphatic heterocycles. The third-order valence-corrected chi connectivity index (χ3v) is 5.78. The molecule has 0 fully saturated rings. The van der Waals surface area contributed by atoms with Crippen LogP contribution in [0.2, 0.25) is 0 Å². The van der Waals surface area contributed by atoms with Crippen molar-refractivity contribution in [3.63, 3.8) is 0 Å². The number of hydrogen-bond donors (Lipinski definition) is 3. The first-order chi connectivity index (χ1) is 11.7. The topological polar surface area (TPSA) is 56.4 Å². The zero-order valence-electron chi connectivity index (χ0n) is 16.5. The lowest BCUT2D eigenvalue weighted by atomic mass is 9.94. The molecule has 146 valence electrons. The van der Waals surface area contributed by atoms with Gasteiger partial charge in [0.1, 0.15) is 4.88 Å². The number of rotatable bonds is 7. The largest absolute Gasteiger partial charge is 1.00 e. The fourth-order valence-corrected chi connectivity index (χ4v) is 3.94. The molecule has 0 spiro atoms. The van der Waals surface area contributed by atoms with Crippen LogP contribution in [0, 0.1) is 6.92 Å². The second kappa shape index (κ2) is 9.83. The Balaban J connectivity index is 0.00000338. The Morgan fingerprint density at radius 2 is 1.73 bits per heavy atom. The minimum absolute atomic E-state index is 0. The van der Waals surface area contributed by atoms with Gasteiger partial charge >= 0.3 is 0 Å². The SMILES string of the molecule is Cc1c(C(C)O)sc[n+]1CC(O)Nc1ccc(C(C)C)cc1C(C)C.[Br-]. The maximum absolute atomic E-state index is 10.5. The van der Waals surface area contributed by atoms with Gasteiger partial charge in [-0.2, -0.15) is 4.57 Å². The van der Waals surface area contributed by atoms with Crippen molar-refractivity contribution in [1.82, 2.24) is 0 Å². The number of thiazole rings is 1. The molecule has 6 heteroatoms. The van der Waals surface area contributed by atoms with Crippen LogP contribution in [0.3, 0.4) is 0 Å². The van der Waals surface area contributed by atoms with Crippen molar-refractivity contribution in [2.24, 2.45) is 0 Å². The summed E-state index contributed by atoms with van der Waals surface area (Å²) in [6, 6.07) is 6.43. The zero-order valence-corrected chi connectivity index (χ0v) is 18.9. The van der Waals surface area contributed by atoms with Crippen LogP contribution in [0.25, 0.3) is 0 Å². The highest BCUT2D eigenvalue weighted by atomic mass is 79.9. The molecule has 0 amide bonds. The molecule has 2 aromatic rings. The van der Waals surface area contributed by atoms with Crippen LogP contribution in [-0.2, 0) is 6.54 Å². The van der Waals surface area contributed by atoms with Gasteiger partial charge < -0.3 is 32.5 Å². The average Bonchev–Trinajstić information content (AvgIpc) is 2.88. The molecule has 2 unspecified atom stereocenters. The van der Waals surface area contributed by atoms with Crippen LogP contribution in [-0.4, -0.2) is 16.4 Å². The quantitative estimate of drug-likeness (QED) is 0.444. The summed E-state index contributed by atoms with van der Waals surface area (Å²) in [7, 11) is 0. The van der Waals surface area contributed by atoms with Crippen molar-refractivity contribution in [3.05, 3.63) is 45.4 Å². The van der Waals surface area contributed by atoms with Crippen molar-refractivity contribution in [2.45, 2.75) is 72.3 Å². The predicted octanol–water partition coefficient (Wildman–Crippen LogP) is 1.08. The number of nitrogens with zero attached hydrogens (tertiary/aromatic N) is 1. The van der Waals surface area contributed by atoms with E-state index in [9.17, 15) is 10.2 Å². The van der Waals surface area contributed by atoms with E-state index in [0.29, 0.717) is 18.4 Å². The van der Waals surface area contributed by atoms with Crippen molar-refractivity contribution in [3.8, 4) is 0 Å². The summed E-state index contributed by atoms with van der Waals surface area (Å²) in [5.41, 5.74) is 6.47. The first-order valence-corrected chi connectivity index (χ1v) is 9.82. The van der Waals surface area contributed by atoms with E-state index in [2.05, 4.69) is 51.2 Å². The van der Waals surface area contributed by atoms with Gasteiger partial charge in [-0.05, 0) is 36.0 Å². The van der Waals surface area contributed by atoms with Gasteiger partial charge in [0, 0.05) is 12.6 Å². The van der Waals surface area contributed by atoms with Gasteiger partial charge in [0.2, 0.25) is 5.51 Å². The number of hydrogen-bond acceptors (Lipinski definition) is 4. The molecule has 4 nitrogen and oxygen atoms in total. The standard InChI is InChI=1S/C20H31N2O2S.BrH/c1-12(2)16-7-8-18(17(9-16)13(3)4)21-19(24)10-22-11-25-20(14(22)5)15(6)23;/h7-9,11-13,15,19,21,23-24H,10H2,1-6H3;1H/q+1;/p-1. The number of halogens is 1. The van der Waals surface area contributed by atoms with Crippen molar-refractivity contribution in [1.29, 1.82) is 0 Å². The fourth-order valence-electron chi connectivity index (χ4n) is 2.97. The molecule has 0 saturated heterocycles. The van der Waals surface area contributed by atoms with Gasteiger partial charge in [0.05, 0.1) is 6.10 Å². The molecule has 1 aromatic carbocycles. The van der Waals surface area contributed by atoms with E-state index < -0.39 is 12.3 Å². The van der Waals surface area contributed by atoms with Crippen molar-refractivity contribution in [2.75, 3.05) is 5.32 Å². The Morgan fingerprint density at radius 3 is 2.23 bits per heavy atom. The lowest BCUT2D eigenvalue weighted by Crippen LogP contribution is -3.00. The summed E-state index contributed by atoms with van der Waals surface area (Å²) >= 11 is 1.52. The van der Waals surface area contributed by atoms with Gasteiger partial charge in [-0.25, -0.2) is 0 Å². The second-order valence-corrected chi connectivity index (χ2v) is 8.20. The van der Waals surface area contributed by atoms with E-state index in [4.69, 9.17) is 0 Å². The van der Waals surface area contributed by atoms with E-state index in [-0.39, 0.29) is 17.0 Å². The molecule has 3 N–H and O–H groups in total. The highest BCUT2D eigenvalue weighted by molar-refractivity contribution is 7.09. The highest BCUT2D eigenvalue weighted by Gasteiger charge is 2.22. The van der Waals surface area contributed by atoms with Gasteiger partial charge in [-0.3, -0.25) is 0 Å². The molecule has 0 radical (unpaired) electrons. The lowest BCUT2D eigenvalue weighted by Gasteiger charge is -2.19. The van der Waals surface area contributed by atoms with E-state index in [1.54, 1.807) is 6.92 Å². The van der Waals surface area contributed by atoms with Crippen molar-refractivity contribution < 1.29 is 31.8 Å². The van der Waals surface area contributed by atoms with Gasteiger partial charge in [0.15, 0.2) is 18.5 Å². The van der Waals surface area contributed by atoms with Gasteiger partial charge in [-0.1, -0.05) is 51.2 Å². The maximum Gasteiger partial charge on any atom is 0.225 e. The first kappa shape index (κ1) is 23.1. The van der Waals surface area contributed by atoms with Crippen LogP contribution in [0.4, 0.5) is 5.69 Å². The minimum atomic E-state index is -0.692. The Morgan fingerprint density at radius 1 is 1.08 bits per heavy atom. The summed E-state index contributed by atoms with van der Waals surface area (Å²) in [5, 5.41) is 23.5. The van der Waals surface area contributed by atoms with E-state index in [0.717, 1.165) is 16.3 Å². The number of aliphatic hydroxyl groups excluding tert-OH is 2. The molecule has 2 rings (SSSR count). The Kier molecular flexibility index (Phi) is 8.73. The Hall–Kier alpha value is -0.950. The summed E-state index contributed by atoms with van der Waals surface area (Å²) in [5.74, 6) is 0.866. The number of nitrogens with one attached hydrogen (secondary N) is 1.